The van der Waals surface area contributed by atoms with Gasteiger partial charge in [0, 0.05) is 29.9 Å². The zero-order valence-corrected chi connectivity index (χ0v) is 25.1. The summed E-state index contributed by atoms with van der Waals surface area (Å²) in [6, 6.07) is 23.2. The van der Waals surface area contributed by atoms with Gasteiger partial charge in [0.05, 0.1) is 5.75 Å². The number of hydrogen-bond donors (Lipinski definition) is 2. The molecule has 0 aliphatic heterocycles. The molecule has 218 valence electrons. The Bertz CT molecular complexity index is 1500. The Balaban J connectivity index is 1.65. The van der Waals surface area contributed by atoms with Crippen LogP contribution >= 0.6 is 0 Å². The van der Waals surface area contributed by atoms with Gasteiger partial charge in [-0.05, 0) is 86.4 Å². The lowest BCUT2D eigenvalue weighted by Gasteiger charge is -2.39. The van der Waals surface area contributed by atoms with Crippen molar-refractivity contribution in [3.05, 3.63) is 95.1 Å². The lowest BCUT2D eigenvalue weighted by molar-refractivity contribution is -0.139. The molecule has 3 aromatic carbocycles. The first kappa shape index (κ1) is 30.5. The molecule has 0 heterocycles. The summed E-state index contributed by atoms with van der Waals surface area (Å²) in [7, 11) is -3.38. The van der Waals surface area contributed by atoms with E-state index in [1.54, 1.807) is 6.07 Å². The second kappa shape index (κ2) is 12.6. The standard InChI is InChI=1S/C33H40N2O5S/c1-23-10-8-9-13-27(23)29-20-25(14-17-28(29)31(36)34-30(32(37)38)18-19-41(4,39)40)22-35(26-15-16-26)33(2,3)21-24-11-6-5-7-12-24/h5-14,17,20,26,30H,15-16,18-19,21-22H2,1-4H3,(H,34,36)(H,37,38). The molecule has 1 amide bonds. The monoisotopic (exact) mass is 576 g/mol. The maximum Gasteiger partial charge on any atom is 0.326 e. The Hall–Kier alpha value is -3.49. The van der Waals surface area contributed by atoms with E-state index in [0.717, 1.165) is 54.3 Å². The molecule has 0 aromatic heterocycles. The van der Waals surface area contributed by atoms with Crippen LogP contribution < -0.4 is 5.32 Å². The summed E-state index contributed by atoms with van der Waals surface area (Å²) in [4.78, 5) is 27.9. The molecule has 8 heteroatoms. The second-order valence-electron chi connectivity index (χ2n) is 11.8. The summed E-state index contributed by atoms with van der Waals surface area (Å²) in [6.07, 6.45) is 4.08. The van der Waals surface area contributed by atoms with E-state index in [1.165, 1.54) is 5.56 Å². The molecule has 2 N–H and O–H groups in total. The highest BCUT2D eigenvalue weighted by molar-refractivity contribution is 7.90. The first-order chi connectivity index (χ1) is 19.3. The van der Waals surface area contributed by atoms with Crippen LogP contribution in [0.5, 0.6) is 0 Å². The summed E-state index contributed by atoms with van der Waals surface area (Å²) < 4.78 is 23.3. The Morgan fingerprint density at radius 2 is 1.63 bits per heavy atom. The van der Waals surface area contributed by atoms with Crippen LogP contribution in [0.1, 0.15) is 60.2 Å². The number of hydrogen-bond acceptors (Lipinski definition) is 5. The van der Waals surface area contributed by atoms with Gasteiger partial charge < -0.3 is 10.4 Å². The quantitative estimate of drug-likeness (QED) is 0.288. The Morgan fingerprint density at radius 3 is 2.24 bits per heavy atom. The molecule has 1 fully saturated rings. The van der Waals surface area contributed by atoms with Crippen molar-refractivity contribution in [2.24, 2.45) is 0 Å². The maximum atomic E-state index is 13.5. The molecule has 0 spiro atoms. The predicted octanol–water partition coefficient (Wildman–Crippen LogP) is 5.27. The van der Waals surface area contributed by atoms with Gasteiger partial charge in [-0.1, -0.05) is 60.7 Å². The van der Waals surface area contributed by atoms with Gasteiger partial charge in [-0.15, -0.1) is 0 Å². The fourth-order valence-electron chi connectivity index (χ4n) is 5.43. The number of carbonyl (C=O) groups excluding carboxylic acids is 1. The van der Waals surface area contributed by atoms with Crippen molar-refractivity contribution in [3.8, 4) is 11.1 Å². The molecule has 1 atom stereocenters. The van der Waals surface area contributed by atoms with Crippen molar-refractivity contribution in [1.29, 1.82) is 0 Å². The first-order valence-electron chi connectivity index (χ1n) is 14.0. The highest BCUT2D eigenvalue weighted by Crippen LogP contribution is 2.37. The van der Waals surface area contributed by atoms with Crippen LogP contribution in [0.2, 0.25) is 0 Å². The molecule has 0 radical (unpaired) electrons. The number of sulfone groups is 1. The van der Waals surface area contributed by atoms with E-state index < -0.39 is 27.8 Å². The van der Waals surface area contributed by atoms with Crippen LogP contribution in [0.4, 0.5) is 0 Å². The van der Waals surface area contributed by atoms with Crippen molar-refractivity contribution in [1.82, 2.24) is 10.2 Å². The average molecular weight is 577 g/mol. The van der Waals surface area contributed by atoms with E-state index in [9.17, 15) is 23.1 Å². The minimum absolute atomic E-state index is 0.0876. The number of amides is 1. The highest BCUT2D eigenvalue weighted by Gasteiger charge is 2.38. The van der Waals surface area contributed by atoms with Crippen LogP contribution in [0.15, 0.2) is 72.8 Å². The SMILES string of the molecule is Cc1ccccc1-c1cc(CN(C2CC2)C(C)(C)Cc2ccccc2)ccc1C(=O)NC(CCS(C)(=O)=O)C(=O)O. The number of nitrogens with zero attached hydrogens (tertiary/aromatic N) is 1. The van der Waals surface area contributed by atoms with E-state index in [0.29, 0.717) is 11.6 Å². The molecule has 0 saturated heterocycles. The smallest absolute Gasteiger partial charge is 0.326 e. The average Bonchev–Trinajstić information content (AvgIpc) is 3.74. The predicted molar refractivity (Wildman–Crippen MR) is 163 cm³/mol. The molecule has 7 nitrogen and oxygen atoms in total. The highest BCUT2D eigenvalue weighted by atomic mass is 32.2. The number of aryl methyl sites for hydroxylation is 1. The summed E-state index contributed by atoms with van der Waals surface area (Å²) in [5, 5.41) is 12.2. The van der Waals surface area contributed by atoms with Crippen LogP contribution in [0.3, 0.4) is 0 Å². The Labute approximate surface area is 243 Å². The van der Waals surface area contributed by atoms with E-state index in [1.807, 2.05) is 49.4 Å². The molecular weight excluding hydrogens is 536 g/mol. The Morgan fingerprint density at radius 1 is 0.976 bits per heavy atom. The lowest BCUT2D eigenvalue weighted by Crippen LogP contribution is -2.46. The van der Waals surface area contributed by atoms with E-state index in [4.69, 9.17) is 0 Å². The van der Waals surface area contributed by atoms with Gasteiger partial charge in [0.1, 0.15) is 15.9 Å². The molecule has 4 rings (SSSR count). The molecule has 0 bridgehead atoms. The topological polar surface area (TPSA) is 104 Å². The van der Waals surface area contributed by atoms with E-state index >= 15 is 0 Å². The first-order valence-corrected chi connectivity index (χ1v) is 16.1. The van der Waals surface area contributed by atoms with Gasteiger partial charge in [-0.2, -0.15) is 0 Å². The zero-order valence-electron chi connectivity index (χ0n) is 24.3. The van der Waals surface area contributed by atoms with Crippen molar-refractivity contribution in [2.45, 2.75) is 70.6 Å². The van der Waals surface area contributed by atoms with Crippen molar-refractivity contribution < 1.29 is 23.1 Å². The van der Waals surface area contributed by atoms with Gasteiger partial charge in [0.25, 0.3) is 5.91 Å². The van der Waals surface area contributed by atoms with E-state index in [2.05, 4.69) is 48.3 Å². The minimum Gasteiger partial charge on any atom is -0.480 e. The van der Waals surface area contributed by atoms with Gasteiger partial charge in [-0.25, -0.2) is 13.2 Å². The fraction of sp³-hybridized carbons (Fsp3) is 0.394. The molecule has 41 heavy (non-hydrogen) atoms. The minimum atomic E-state index is -3.38. The van der Waals surface area contributed by atoms with Gasteiger partial charge >= 0.3 is 5.97 Å². The largest absolute Gasteiger partial charge is 0.480 e. The third-order valence-corrected chi connectivity index (χ3v) is 8.72. The van der Waals surface area contributed by atoms with Crippen molar-refractivity contribution >= 4 is 21.7 Å². The molecule has 3 aromatic rings. The van der Waals surface area contributed by atoms with Gasteiger partial charge in [0.15, 0.2) is 0 Å². The second-order valence-corrected chi connectivity index (χ2v) is 14.1. The van der Waals surface area contributed by atoms with Gasteiger partial charge in [0.2, 0.25) is 0 Å². The number of nitrogens with one attached hydrogen (secondary N) is 1. The van der Waals surface area contributed by atoms with Crippen LogP contribution in [-0.2, 0) is 27.6 Å². The van der Waals surface area contributed by atoms with E-state index in [-0.39, 0.29) is 17.7 Å². The number of aliphatic carboxylic acids is 1. The molecule has 1 unspecified atom stereocenters. The summed E-state index contributed by atoms with van der Waals surface area (Å²) in [5.41, 5.74) is 5.24. The van der Waals surface area contributed by atoms with Crippen LogP contribution in [0.25, 0.3) is 11.1 Å². The molecule has 1 aliphatic rings. The summed E-state index contributed by atoms with van der Waals surface area (Å²) in [6.45, 7) is 7.27. The third kappa shape index (κ3) is 8.27. The third-order valence-electron chi connectivity index (χ3n) is 7.74. The van der Waals surface area contributed by atoms with Crippen molar-refractivity contribution in [3.63, 3.8) is 0 Å². The summed E-state index contributed by atoms with van der Waals surface area (Å²) >= 11 is 0. The molecule has 1 aliphatic carbocycles. The number of benzene rings is 3. The lowest BCUT2D eigenvalue weighted by atomic mass is 9.90. The number of carboxylic acids is 1. The number of carboxylic acid groups (broad SMARTS) is 1. The normalized spacial score (nSPS) is 14.6. The van der Waals surface area contributed by atoms with Crippen molar-refractivity contribution in [2.75, 3.05) is 12.0 Å². The molecular formula is C33H40N2O5S. The fourth-order valence-corrected chi connectivity index (χ4v) is 6.09. The molecule has 1 saturated carbocycles. The Kier molecular flexibility index (Phi) is 9.34. The zero-order chi connectivity index (χ0) is 29.8. The van der Waals surface area contributed by atoms with Crippen LogP contribution in [-0.4, -0.2) is 59.9 Å². The maximum absolute atomic E-state index is 13.5. The summed E-state index contributed by atoms with van der Waals surface area (Å²) in [5.74, 6) is -2.14. The van der Waals surface area contributed by atoms with Crippen LogP contribution in [0, 0.1) is 6.92 Å². The number of rotatable bonds is 13. The van der Waals surface area contributed by atoms with Gasteiger partial charge in [-0.3, -0.25) is 9.69 Å². The number of carbonyl (C=O) groups is 2.